The number of aryl methyl sites for hydroxylation is 1. The molecule has 3 heterocycles. The number of nitrogens with two attached hydrogens (primary N) is 1. The third-order valence-corrected chi connectivity index (χ3v) is 4.54. The average molecular weight is 299 g/mol. The summed E-state index contributed by atoms with van der Waals surface area (Å²) in [5.74, 6) is 1.09. The van der Waals surface area contributed by atoms with E-state index in [1.807, 2.05) is 12.1 Å². The maximum atomic E-state index is 5.82. The number of pyridine rings is 1. The van der Waals surface area contributed by atoms with E-state index in [0.29, 0.717) is 5.95 Å². The SMILES string of the molecule is CCc1cc2c(NC(C)c3ccncc3)nc(N)nc2s1. The predicted octanol–water partition coefficient (Wildman–Crippen LogP) is 3.40. The van der Waals surface area contributed by atoms with Crippen LogP contribution in [0, 0.1) is 0 Å². The Balaban J connectivity index is 1.98. The molecular weight excluding hydrogens is 282 g/mol. The topological polar surface area (TPSA) is 76.7 Å². The summed E-state index contributed by atoms with van der Waals surface area (Å²) < 4.78 is 0. The summed E-state index contributed by atoms with van der Waals surface area (Å²) in [7, 11) is 0. The van der Waals surface area contributed by atoms with E-state index in [4.69, 9.17) is 5.73 Å². The first-order valence-electron chi connectivity index (χ1n) is 6.89. The summed E-state index contributed by atoms with van der Waals surface area (Å²) in [6.07, 6.45) is 4.56. The first-order valence-corrected chi connectivity index (χ1v) is 7.71. The molecular formula is C15H17N5S. The monoisotopic (exact) mass is 299 g/mol. The number of anilines is 2. The van der Waals surface area contributed by atoms with Gasteiger partial charge < -0.3 is 11.1 Å². The van der Waals surface area contributed by atoms with Crippen LogP contribution in [0.4, 0.5) is 11.8 Å². The van der Waals surface area contributed by atoms with Crippen molar-refractivity contribution < 1.29 is 0 Å². The van der Waals surface area contributed by atoms with E-state index in [1.54, 1.807) is 23.7 Å². The van der Waals surface area contributed by atoms with Gasteiger partial charge in [0.1, 0.15) is 10.6 Å². The summed E-state index contributed by atoms with van der Waals surface area (Å²) in [5, 5.41) is 4.46. The molecule has 3 aromatic heterocycles. The molecule has 6 heteroatoms. The maximum Gasteiger partial charge on any atom is 0.223 e. The lowest BCUT2D eigenvalue weighted by atomic mass is 10.1. The van der Waals surface area contributed by atoms with Crippen molar-refractivity contribution in [1.82, 2.24) is 15.0 Å². The standard InChI is InChI=1S/C15H17N5S/c1-3-11-8-12-13(19-15(16)20-14(12)21-11)18-9(2)10-4-6-17-7-5-10/h4-9H,3H2,1-2H3,(H3,16,18,19,20). The van der Waals surface area contributed by atoms with Gasteiger partial charge in [0, 0.05) is 17.3 Å². The van der Waals surface area contributed by atoms with E-state index in [2.05, 4.69) is 40.2 Å². The highest BCUT2D eigenvalue weighted by Crippen LogP contribution is 2.31. The van der Waals surface area contributed by atoms with Crippen molar-refractivity contribution in [2.75, 3.05) is 11.1 Å². The molecule has 0 saturated carbocycles. The zero-order valence-corrected chi connectivity index (χ0v) is 12.8. The van der Waals surface area contributed by atoms with Gasteiger partial charge in [0.15, 0.2) is 0 Å². The van der Waals surface area contributed by atoms with E-state index in [-0.39, 0.29) is 6.04 Å². The molecule has 0 fully saturated rings. The number of aromatic nitrogens is 3. The van der Waals surface area contributed by atoms with Gasteiger partial charge in [-0.1, -0.05) is 6.92 Å². The zero-order chi connectivity index (χ0) is 14.8. The molecule has 0 aromatic carbocycles. The Morgan fingerprint density at radius 2 is 2.05 bits per heavy atom. The quantitative estimate of drug-likeness (QED) is 0.772. The van der Waals surface area contributed by atoms with Crippen molar-refractivity contribution in [2.24, 2.45) is 0 Å². The summed E-state index contributed by atoms with van der Waals surface area (Å²) >= 11 is 1.67. The van der Waals surface area contributed by atoms with Gasteiger partial charge in [-0.3, -0.25) is 4.98 Å². The molecule has 21 heavy (non-hydrogen) atoms. The van der Waals surface area contributed by atoms with Gasteiger partial charge in [0.05, 0.1) is 11.4 Å². The van der Waals surface area contributed by atoms with Crippen LogP contribution in [0.15, 0.2) is 30.6 Å². The van der Waals surface area contributed by atoms with Crippen LogP contribution in [0.1, 0.15) is 30.3 Å². The summed E-state index contributed by atoms with van der Waals surface area (Å²) in [6.45, 7) is 4.22. The van der Waals surface area contributed by atoms with Crippen LogP contribution in [0.25, 0.3) is 10.2 Å². The molecule has 1 unspecified atom stereocenters. The fourth-order valence-electron chi connectivity index (χ4n) is 2.21. The van der Waals surface area contributed by atoms with Crippen LogP contribution >= 0.6 is 11.3 Å². The average Bonchev–Trinajstić information content (AvgIpc) is 2.91. The molecule has 0 amide bonds. The number of rotatable bonds is 4. The van der Waals surface area contributed by atoms with Crippen LogP contribution in [-0.2, 0) is 6.42 Å². The summed E-state index contributed by atoms with van der Waals surface area (Å²) in [5.41, 5.74) is 6.98. The lowest BCUT2D eigenvalue weighted by molar-refractivity contribution is 0.873. The molecule has 0 saturated heterocycles. The first kappa shape index (κ1) is 13.8. The maximum absolute atomic E-state index is 5.82. The van der Waals surface area contributed by atoms with Gasteiger partial charge in [0.2, 0.25) is 5.95 Å². The number of nitrogen functional groups attached to an aromatic ring is 1. The van der Waals surface area contributed by atoms with E-state index in [0.717, 1.165) is 28.0 Å². The fourth-order valence-corrected chi connectivity index (χ4v) is 3.19. The Morgan fingerprint density at radius 3 is 2.76 bits per heavy atom. The molecule has 0 spiro atoms. The lowest BCUT2D eigenvalue weighted by Crippen LogP contribution is -2.09. The van der Waals surface area contributed by atoms with E-state index >= 15 is 0 Å². The Morgan fingerprint density at radius 1 is 1.29 bits per heavy atom. The number of nitrogens with zero attached hydrogens (tertiary/aromatic N) is 3. The minimum Gasteiger partial charge on any atom is -0.368 e. The largest absolute Gasteiger partial charge is 0.368 e. The van der Waals surface area contributed by atoms with Crippen molar-refractivity contribution in [1.29, 1.82) is 0 Å². The van der Waals surface area contributed by atoms with Crippen LogP contribution in [0.3, 0.4) is 0 Å². The first-order chi connectivity index (χ1) is 10.2. The molecule has 0 bridgehead atoms. The molecule has 0 radical (unpaired) electrons. The Bertz CT molecular complexity index is 753. The summed E-state index contributed by atoms with van der Waals surface area (Å²) in [4.78, 5) is 14.9. The third-order valence-electron chi connectivity index (χ3n) is 3.37. The number of thiophene rings is 1. The Kier molecular flexibility index (Phi) is 3.70. The molecule has 0 aliphatic carbocycles. The lowest BCUT2D eigenvalue weighted by Gasteiger charge is -2.15. The van der Waals surface area contributed by atoms with E-state index < -0.39 is 0 Å². The van der Waals surface area contributed by atoms with Gasteiger partial charge in [0.25, 0.3) is 0 Å². The highest BCUT2D eigenvalue weighted by atomic mass is 32.1. The second-order valence-corrected chi connectivity index (χ2v) is 5.98. The summed E-state index contributed by atoms with van der Waals surface area (Å²) in [6, 6.07) is 6.24. The molecule has 5 nitrogen and oxygen atoms in total. The molecule has 0 aliphatic heterocycles. The van der Waals surface area contributed by atoms with Crippen molar-refractivity contribution in [2.45, 2.75) is 26.3 Å². The molecule has 3 aromatic rings. The smallest absolute Gasteiger partial charge is 0.223 e. The molecule has 0 aliphatic rings. The van der Waals surface area contributed by atoms with E-state index in [1.165, 1.54) is 4.88 Å². The van der Waals surface area contributed by atoms with Gasteiger partial charge in [-0.25, -0.2) is 4.98 Å². The Hall–Kier alpha value is -2.21. The molecule has 1 atom stereocenters. The van der Waals surface area contributed by atoms with E-state index in [9.17, 15) is 0 Å². The second kappa shape index (κ2) is 5.65. The second-order valence-electron chi connectivity index (χ2n) is 4.86. The number of fused-ring (bicyclic) bond motifs is 1. The highest BCUT2D eigenvalue weighted by molar-refractivity contribution is 7.18. The van der Waals surface area contributed by atoms with Crippen LogP contribution in [0.5, 0.6) is 0 Å². The number of hydrogen-bond acceptors (Lipinski definition) is 6. The predicted molar refractivity (Wildman–Crippen MR) is 87.5 cm³/mol. The van der Waals surface area contributed by atoms with Crippen LogP contribution < -0.4 is 11.1 Å². The van der Waals surface area contributed by atoms with Crippen LogP contribution in [-0.4, -0.2) is 15.0 Å². The van der Waals surface area contributed by atoms with Crippen molar-refractivity contribution >= 4 is 33.3 Å². The van der Waals surface area contributed by atoms with Gasteiger partial charge >= 0.3 is 0 Å². The zero-order valence-electron chi connectivity index (χ0n) is 12.0. The van der Waals surface area contributed by atoms with Crippen LogP contribution in [0.2, 0.25) is 0 Å². The number of hydrogen-bond donors (Lipinski definition) is 2. The van der Waals surface area contributed by atoms with Gasteiger partial charge in [-0.2, -0.15) is 4.98 Å². The van der Waals surface area contributed by atoms with Crippen molar-refractivity contribution in [3.05, 3.63) is 41.0 Å². The molecule has 3 N–H and O–H groups in total. The fraction of sp³-hybridized carbons (Fsp3) is 0.267. The van der Waals surface area contributed by atoms with Crippen molar-refractivity contribution in [3.63, 3.8) is 0 Å². The molecule has 3 rings (SSSR count). The normalized spacial score (nSPS) is 12.5. The highest BCUT2D eigenvalue weighted by Gasteiger charge is 2.13. The minimum atomic E-state index is 0.121. The van der Waals surface area contributed by atoms with Gasteiger partial charge in [-0.15, -0.1) is 11.3 Å². The minimum absolute atomic E-state index is 0.121. The molecule has 108 valence electrons. The Labute approximate surface area is 127 Å². The third kappa shape index (κ3) is 2.80. The number of nitrogens with one attached hydrogen (secondary N) is 1. The van der Waals surface area contributed by atoms with Crippen molar-refractivity contribution in [3.8, 4) is 0 Å². The van der Waals surface area contributed by atoms with Gasteiger partial charge in [-0.05, 0) is 37.1 Å².